The van der Waals surface area contributed by atoms with Crippen molar-refractivity contribution in [1.29, 1.82) is 0 Å². The highest BCUT2D eigenvalue weighted by Gasteiger charge is 2.64. The summed E-state index contributed by atoms with van der Waals surface area (Å²) in [5.74, 6) is 1.84. The molecule has 0 heterocycles. The van der Waals surface area contributed by atoms with Gasteiger partial charge in [0.1, 0.15) is 18.0 Å². The number of esters is 2. The Kier molecular flexibility index (Phi) is 5.55. The number of rotatable bonds is 3. The smallest absolute Gasteiger partial charge is 0.302 e. The maximum absolute atomic E-state index is 13.7. The molecule has 30 heavy (non-hydrogen) atoms. The van der Waals surface area contributed by atoms with E-state index in [1.54, 1.807) is 0 Å². The summed E-state index contributed by atoms with van der Waals surface area (Å²) in [6, 6.07) is 0. The molecule has 5 heteroatoms. The highest BCUT2D eigenvalue weighted by molar-refractivity contribution is 5.84. The zero-order valence-corrected chi connectivity index (χ0v) is 19.2. The van der Waals surface area contributed by atoms with E-state index in [1.807, 2.05) is 6.92 Å². The Morgan fingerprint density at radius 2 is 1.73 bits per heavy atom. The van der Waals surface area contributed by atoms with Crippen LogP contribution in [0.15, 0.2) is 0 Å². The molecule has 5 nitrogen and oxygen atoms in total. The number of ketones is 1. The minimum atomic E-state index is -0.230. The molecule has 4 aliphatic rings. The van der Waals surface area contributed by atoms with Crippen molar-refractivity contribution >= 4 is 17.7 Å². The molecule has 0 unspecified atom stereocenters. The molecule has 4 saturated carbocycles. The Morgan fingerprint density at radius 1 is 1.00 bits per heavy atom. The Morgan fingerprint density at radius 3 is 2.40 bits per heavy atom. The largest absolute Gasteiger partial charge is 0.463 e. The van der Waals surface area contributed by atoms with Gasteiger partial charge in [-0.25, -0.2) is 0 Å². The molecule has 9 atom stereocenters. The lowest BCUT2D eigenvalue weighted by atomic mass is 9.44. The Hall–Kier alpha value is -1.39. The van der Waals surface area contributed by atoms with Crippen LogP contribution >= 0.6 is 0 Å². The number of fused-ring (bicyclic) bond motifs is 5. The van der Waals surface area contributed by atoms with Gasteiger partial charge in [-0.2, -0.15) is 0 Å². The summed E-state index contributed by atoms with van der Waals surface area (Å²) in [6.45, 7) is 9.60. The van der Waals surface area contributed by atoms with Crippen LogP contribution in [-0.2, 0) is 23.9 Å². The average Bonchev–Trinajstić information content (AvgIpc) is 2.97. The number of carbonyl (C=O) groups excluding carboxylic acids is 3. The zero-order chi connectivity index (χ0) is 21.8. The topological polar surface area (TPSA) is 69.7 Å². The first-order chi connectivity index (χ1) is 14.1. The maximum atomic E-state index is 13.7. The van der Waals surface area contributed by atoms with Crippen LogP contribution in [0.5, 0.6) is 0 Å². The van der Waals surface area contributed by atoms with E-state index in [9.17, 15) is 14.4 Å². The van der Waals surface area contributed by atoms with E-state index in [2.05, 4.69) is 13.8 Å². The van der Waals surface area contributed by atoms with E-state index in [4.69, 9.17) is 9.47 Å². The van der Waals surface area contributed by atoms with Gasteiger partial charge in [0.15, 0.2) is 0 Å². The molecule has 4 rings (SSSR count). The summed E-state index contributed by atoms with van der Waals surface area (Å²) in [5.41, 5.74) is -0.0389. The van der Waals surface area contributed by atoms with E-state index < -0.39 is 0 Å². The summed E-state index contributed by atoms with van der Waals surface area (Å²) >= 11 is 0. The van der Waals surface area contributed by atoms with Crippen LogP contribution in [0.3, 0.4) is 0 Å². The fourth-order valence-electron chi connectivity index (χ4n) is 8.53. The van der Waals surface area contributed by atoms with Crippen molar-refractivity contribution in [2.75, 3.05) is 0 Å². The van der Waals surface area contributed by atoms with Gasteiger partial charge >= 0.3 is 11.9 Å². The second-order valence-electron chi connectivity index (χ2n) is 11.2. The normalized spacial score (nSPS) is 46.2. The van der Waals surface area contributed by atoms with Gasteiger partial charge in [-0.05, 0) is 80.5 Å². The summed E-state index contributed by atoms with van der Waals surface area (Å²) in [4.78, 5) is 36.7. The molecule has 4 aliphatic carbocycles. The average molecular weight is 419 g/mol. The molecule has 0 N–H and O–H groups in total. The van der Waals surface area contributed by atoms with Crippen LogP contribution in [0.1, 0.15) is 86.0 Å². The number of hydrogen-bond donors (Lipinski definition) is 0. The molecule has 0 aromatic carbocycles. The minimum absolute atomic E-state index is 0.0153. The van der Waals surface area contributed by atoms with Crippen LogP contribution in [0.2, 0.25) is 0 Å². The molecule has 168 valence electrons. The Balaban J connectivity index is 1.56. The SMILES string of the molecule is CC(=O)O[C@@H]1CC[C@@]2(C)[C@H](CC[C@H]3[C@@H]4CC[C@H]([C@H](C)OC(C)=O)[C@@]4(C)CC(=O)[C@@H]32)C1. The van der Waals surface area contributed by atoms with Crippen molar-refractivity contribution in [3.8, 4) is 0 Å². The van der Waals surface area contributed by atoms with Crippen LogP contribution in [0.25, 0.3) is 0 Å². The van der Waals surface area contributed by atoms with Crippen LogP contribution in [-0.4, -0.2) is 29.9 Å². The van der Waals surface area contributed by atoms with Crippen LogP contribution in [0.4, 0.5) is 0 Å². The van der Waals surface area contributed by atoms with Gasteiger partial charge in [-0.15, -0.1) is 0 Å². The molecule has 0 bridgehead atoms. The third kappa shape index (κ3) is 3.40. The summed E-state index contributed by atoms with van der Waals surface area (Å²) in [6.07, 6.45) is 7.65. The van der Waals surface area contributed by atoms with Crippen molar-refractivity contribution in [3.05, 3.63) is 0 Å². The van der Waals surface area contributed by atoms with Gasteiger partial charge in [0.05, 0.1) is 0 Å². The zero-order valence-electron chi connectivity index (χ0n) is 19.2. The predicted octanol–water partition coefficient (Wildman–Crippen LogP) is 4.71. The molecule has 0 aromatic rings. The molecule has 0 spiro atoms. The third-order valence-electron chi connectivity index (χ3n) is 9.62. The molecule has 0 aromatic heterocycles. The van der Waals surface area contributed by atoms with Gasteiger partial charge in [-0.1, -0.05) is 13.8 Å². The number of ether oxygens (including phenoxy) is 2. The quantitative estimate of drug-likeness (QED) is 0.621. The standard InChI is InChI=1S/C25H38O5/c1-14(29-15(2)26)20-8-9-21-19-7-6-17-12-18(30-16(3)27)10-11-24(17,4)23(19)22(28)13-25(20,21)5/h14,17-21,23H,6-13H2,1-5H3/t14-,17+,18+,19-,20+,21-,23+,24-,25+/m0/s1. The number of Topliss-reactive ketones (excluding diaryl/α,β-unsaturated/α-hetero) is 1. The van der Waals surface area contributed by atoms with Crippen molar-refractivity contribution in [2.24, 2.45) is 40.4 Å². The second kappa shape index (κ2) is 7.63. The summed E-state index contributed by atoms with van der Waals surface area (Å²) in [5, 5.41) is 0. The van der Waals surface area contributed by atoms with Crippen LogP contribution in [0, 0.1) is 40.4 Å². The maximum Gasteiger partial charge on any atom is 0.302 e. The highest BCUT2D eigenvalue weighted by Crippen LogP contribution is 2.67. The van der Waals surface area contributed by atoms with E-state index in [-0.39, 0.29) is 46.8 Å². The van der Waals surface area contributed by atoms with Gasteiger partial charge in [0, 0.05) is 32.1 Å². The van der Waals surface area contributed by atoms with Crippen molar-refractivity contribution < 1.29 is 23.9 Å². The first kappa shape index (κ1) is 21.8. The summed E-state index contributed by atoms with van der Waals surface area (Å²) in [7, 11) is 0. The molecule has 0 saturated heterocycles. The lowest BCUT2D eigenvalue weighted by molar-refractivity contribution is -0.172. The fourth-order valence-corrected chi connectivity index (χ4v) is 8.53. The lowest BCUT2D eigenvalue weighted by Crippen LogP contribution is -2.58. The molecule has 0 radical (unpaired) electrons. The van der Waals surface area contributed by atoms with Crippen molar-refractivity contribution in [3.63, 3.8) is 0 Å². The molecule has 0 amide bonds. The number of carbonyl (C=O) groups is 3. The van der Waals surface area contributed by atoms with Gasteiger partial charge < -0.3 is 9.47 Å². The Labute approximate surface area is 180 Å². The summed E-state index contributed by atoms with van der Waals surface area (Å²) < 4.78 is 11.1. The first-order valence-electron chi connectivity index (χ1n) is 11.9. The second-order valence-corrected chi connectivity index (χ2v) is 11.2. The van der Waals surface area contributed by atoms with E-state index >= 15 is 0 Å². The molecule has 0 aliphatic heterocycles. The fraction of sp³-hybridized carbons (Fsp3) is 0.880. The van der Waals surface area contributed by atoms with Gasteiger partial charge in [0.2, 0.25) is 0 Å². The molecular formula is C25H38O5. The number of hydrogen-bond acceptors (Lipinski definition) is 5. The first-order valence-corrected chi connectivity index (χ1v) is 11.9. The lowest BCUT2D eigenvalue weighted by Gasteiger charge is -2.60. The minimum Gasteiger partial charge on any atom is -0.463 e. The monoisotopic (exact) mass is 418 g/mol. The highest BCUT2D eigenvalue weighted by atomic mass is 16.5. The van der Waals surface area contributed by atoms with Crippen molar-refractivity contribution in [2.45, 2.75) is 98.2 Å². The Bertz CT molecular complexity index is 731. The van der Waals surface area contributed by atoms with E-state index in [0.717, 1.165) is 44.9 Å². The van der Waals surface area contributed by atoms with E-state index in [1.165, 1.54) is 13.8 Å². The van der Waals surface area contributed by atoms with Crippen LogP contribution < -0.4 is 0 Å². The van der Waals surface area contributed by atoms with Gasteiger partial charge in [0.25, 0.3) is 0 Å². The molecule has 4 fully saturated rings. The van der Waals surface area contributed by atoms with E-state index in [0.29, 0.717) is 30.0 Å². The molecular weight excluding hydrogens is 380 g/mol. The third-order valence-corrected chi connectivity index (χ3v) is 9.62. The predicted molar refractivity (Wildman–Crippen MR) is 112 cm³/mol. The van der Waals surface area contributed by atoms with Gasteiger partial charge in [-0.3, -0.25) is 14.4 Å². The van der Waals surface area contributed by atoms with Crippen molar-refractivity contribution in [1.82, 2.24) is 0 Å².